The molecule has 3 aromatic rings. The normalized spacial score (nSPS) is 15.1. The number of hydrogen-bond acceptors (Lipinski definition) is 7. The molecule has 1 fully saturated rings. The van der Waals surface area contributed by atoms with Gasteiger partial charge in [0, 0.05) is 31.7 Å². The summed E-state index contributed by atoms with van der Waals surface area (Å²) in [5.74, 6) is -0.121. The fourth-order valence-corrected chi connectivity index (χ4v) is 5.72. The fraction of sp³-hybridized carbons (Fsp3) is 0.318. The quantitative estimate of drug-likeness (QED) is 0.490. The van der Waals surface area contributed by atoms with E-state index in [1.165, 1.54) is 16.4 Å². The van der Waals surface area contributed by atoms with E-state index in [9.17, 15) is 17.6 Å². The lowest BCUT2D eigenvalue weighted by atomic mass is 10.1. The third kappa shape index (κ3) is 5.43. The number of halogens is 1. The summed E-state index contributed by atoms with van der Waals surface area (Å²) in [5, 5.41) is 8.39. The molecule has 8 nitrogen and oxygen atoms in total. The van der Waals surface area contributed by atoms with Crippen LogP contribution < -0.4 is 0 Å². The minimum atomic E-state index is -3.72. The molecule has 0 spiro atoms. The van der Waals surface area contributed by atoms with Gasteiger partial charge in [-0.1, -0.05) is 29.0 Å². The Morgan fingerprint density at radius 3 is 2.30 bits per heavy atom. The molecule has 0 aliphatic carbocycles. The number of thioether (sulfide) groups is 1. The van der Waals surface area contributed by atoms with Crippen molar-refractivity contribution < 1.29 is 22.0 Å². The van der Waals surface area contributed by atoms with Gasteiger partial charge in [-0.2, -0.15) is 4.31 Å². The summed E-state index contributed by atoms with van der Waals surface area (Å²) in [6.45, 7) is 4.88. The standard InChI is InChI=1S/C22H23FN4O4S2/c1-15-11-16(2)13-17(12-15)21-24-25-22(31-21)32-14-20(28)26-7-9-27(10-8-26)33(29,30)19-5-3-18(23)4-6-19/h3-6,11-13H,7-10,14H2,1-2H3. The molecule has 2 heterocycles. The molecule has 33 heavy (non-hydrogen) atoms. The molecular weight excluding hydrogens is 467 g/mol. The zero-order valence-electron chi connectivity index (χ0n) is 18.2. The first-order chi connectivity index (χ1) is 15.7. The third-order valence-corrected chi connectivity index (χ3v) is 7.95. The van der Waals surface area contributed by atoms with E-state index in [0.717, 1.165) is 40.6 Å². The van der Waals surface area contributed by atoms with Crippen molar-refractivity contribution in [3.05, 3.63) is 59.4 Å². The van der Waals surface area contributed by atoms with Gasteiger partial charge < -0.3 is 9.32 Å². The second kappa shape index (κ2) is 9.62. The van der Waals surface area contributed by atoms with Crippen LogP contribution in [0.25, 0.3) is 11.5 Å². The Morgan fingerprint density at radius 1 is 1.03 bits per heavy atom. The van der Waals surface area contributed by atoms with Crippen molar-refractivity contribution >= 4 is 27.7 Å². The first-order valence-corrected chi connectivity index (χ1v) is 12.7. The second-order valence-corrected chi connectivity index (χ2v) is 10.6. The van der Waals surface area contributed by atoms with Gasteiger partial charge in [0.1, 0.15) is 5.82 Å². The van der Waals surface area contributed by atoms with Crippen molar-refractivity contribution in [1.82, 2.24) is 19.4 Å². The number of aryl methyl sites for hydroxylation is 2. The van der Waals surface area contributed by atoms with Crippen LogP contribution in [0.4, 0.5) is 4.39 Å². The van der Waals surface area contributed by atoms with Gasteiger partial charge in [0.25, 0.3) is 5.22 Å². The van der Waals surface area contributed by atoms with E-state index in [-0.39, 0.29) is 42.7 Å². The predicted molar refractivity (Wildman–Crippen MR) is 122 cm³/mol. The molecule has 11 heteroatoms. The number of sulfonamides is 1. The van der Waals surface area contributed by atoms with E-state index < -0.39 is 15.8 Å². The number of hydrogen-bond donors (Lipinski definition) is 0. The highest BCUT2D eigenvalue weighted by Gasteiger charge is 2.30. The molecule has 174 valence electrons. The summed E-state index contributed by atoms with van der Waals surface area (Å²) >= 11 is 1.15. The maximum atomic E-state index is 13.1. The van der Waals surface area contributed by atoms with Crippen LogP contribution in [0.3, 0.4) is 0 Å². The van der Waals surface area contributed by atoms with E-state index in [1.807, 2.05) is 26.0 Å². The summed E-state index contributed by atoms with van der Waals surface area (Å²) in [6, 6.07) is 10.7. The highest BCUT2D eigenvalue weighted by molar-refractivity contribution is 7.99. The maximum absolute atomic E-state index is 13.1. The third-order valence-electron chi connectivity index (χ3n) is 5.24. The zero-order valence-corrected chi connectivity index (χ0v) is 19.8. The van der Waals surface area contributed by atoms with E-state index in [0.29, 0.717) is 11.1 Å². The predicted octanol–water partition coefficient (Wildman–Crippen LogP) is 3.12. The molecule has 1 saturated heterocycles. The van der Waals surface area contributed by atoms with Gasteiger partial charge >= 0.3 is 0 Å². The molecule has 4 rings (SSSR count). The van der Waals surface area contributed by atoms with Gasteiger partial charge in [0.15, 0.2) is 0 Å². The van der Waals surface area contributed by atoms with Gasteiger partial charge in [0.2, 0.25) is 21.8 Å². The molecule has 0 unspecified atom stereocenters. The van der Waals surface area contributed by atoms with Crippen molar-refractivity contribution in [3.63, 3.8) is 0 Å². The van der Waals surface area contributed by atoms with Crippen LogP contribution in [-0.4, -0.2) is 65.7 Å². The Kier molecular flexibility index (Phi) is 6.82. The second-order valence-electron chi connectivity index (χ2n) is 7.78. The van der Waals surface area contributed by atoms with Gasteiger partial charge in [-0.15, -0.1) is 10.2 Å². The SMILES string of the molecule is Cc1cc(C)cc(-c2nnc(SCC(=O)N3CCN(S(=O)(=O)c4ccc(F)cc4)CC3)o2)c1. The van der Waals surface area contributed by atoms with Crippen LogP contribution in [-0.2, 0) is 14.8 Å². The number of amides is 1. The van der Waals surface area contributed by atoms with Gasteiger partial charge in [-0.25, -0.2) is 12.8 Å². The first-order valence-electron chi connectivity index (χ1n) is 10.3. The van der Waals surface area contributed by atoms with Crippen LogP contribution in [0, 0.1) is 19.7 Å². The van der Waals surface area contributed by atoms with Crippen LogP contribution in [0.2, 0.25) is 0 Å². The van der Waals surface area contributed by atoms with Gasteiger partial charge in [-0.05, 0) is 50.2 Å². The molecule has 1 amide bonds. The fourth-order valence-electron chi connectivity index (χ4n) is 3.63. The minimum Gasteiger partial charge on any atom is -0.411 e. The molecular formula is C22H23FN4O4S2. The van der Waals surface area contributed by atoms with E-state index >= 15 is 0 Å². The van der Waals surface area contributed by atoms with Crippen molar-refractivity contribution in [2.24, 2.45) is 0 Å². The summed E-state index contributed by atoms with van der Waals surface area (Å²) in [6.07, 6.45) is 0. The summed E-state index contributed by atoms with van der Waals surface area (Å²) < 4.78 is 45.5. The average molecular weight is 491 g/mol. The molecule has 0 bridgehead atoms. The molecule has 0 N–H and O–H groups in total. The summed E-state index contributed by atoms with van der Waals surface area (Å²) in [4.78, 5) is 14.3. The Morgan fingerprint density at radius 2 is 1.67 bits per heavy atom. The molecule has 2 aromatic carbocycles. The number of carbonyl (C=O) groups excluding carboxylic acids is 1. The Labute approximate surface area is 195 Å². The van der Waals surface area contributed by atoms with Crippen LogP contribution in [0.1, 0.15) is 11.1 Å². The highest BCUT2D eigenvalue weighted by atomic mass is 32.2. The minimum absolute atomic E-state index is 0.0373. The number of piperazine rings is 1. The lowest BCUT2D eigenvalue weighted by Gasteiger charge is -2.33. The van der Waals surface area contributed by atoms with E-state index in [2.05, 4.69) is 16.3 Å². The van der Waals surface area contributed by atoms with E-state index in [1.54, 1.807) is 4.90 Å². The van der Waals surface area contributed by atoms with Crippen LogP contribution in [0.15, 0.2) is 57.0 Å². The number of benzene rings is 2. The Bertz CT molecular complexity index is 1230. The molecule has 0 atom stereocenters. The number of rotatable bonds is 6. The largest absolute Gasteiger partial charge is 0.411 e. The smallest absolute Gasteiger partial charge is 0.277 e. The highest BCUT2D eigenvalue weighted by Crippen LogP contribution is 2.25. The summed E-state index contributed by atoms with van der Waals surface area (Å²) in [7, 11) is -3.72. The molecule has 0 saturated carbocycles. The first kappa shape index (κ1) is 23.4. The Hall–Kier alpha value is -2.76. The lowest BCUT2D eigenvalue weighted by molar-refractivity contribution is -0.129. The summed E-state index contributed by atoms with van der Waals surface area (Å²) in [5.41, 5.74) is 3.01. The van der Waals surface area contributed by atoms with Crippen molar-refractivity contribution in [2.75, 3.05) is 31.9 Å². The van der Waals surface area contributed by atoms with E-state index in [4.69, 9.17) is 4.42 Å². The monoisotopic (exact) mass is 490 g/mol. The molecule has 1 aliphatic heterocycles. The lowest BCUT2D eigenvalue weighted by Crippen LogP contribution is -2.50. The van der Waals surface area contributed by atoms with Crippen LogP contribution in [0.5, 0.6) is 0 Å². The average Bonchev–Trinajstić information content (AvgIpc) is 3.26. The maximum Gasteiger partial charge on any atom is 0.277 e. The topological polar surface area (TPSA) is 96.6 Å². The molecule has 1 aliphatic rings. The number of carbonyl (C=O) groups is 1. The van der Waals surface area contributed by atoms with Gasteiger partial charge in [0.05, 0.1) is 10.6 Å². The van der Waals surface area contributed by atoms with Crippen molar-refractivity contribution in [3.8, 4) is 11.5 Å². The number of nitrogens with zero attached hydrogens (tertiary/aromatic N) is 4. The van der Waals surface area contributed by atoms with Crippen molar-refractivity contribution in [1.29, 1.82) is 0 Å². The Balaban J connectivity index is 1.31. The van der Waals surface area contributed by atoms with Gasteiger partial charge in [-0.3, -0.25) is 4.79 Å². The van der Waals surface area contributed by atoms with Crippen molar-refractivity contribution in [2.45, 2.75) is 24.0 Å². The molecule has 0 radical (unpaired) electrons. The zero-order chi connectivity index (χ0) is 23.6. The van der Waals surface area contributed by atoms with Crippen LogP contribution >= 0.6 is 11.8 Å². The molecule has 1 aromatic heterocycles. The number of aromatic nitrogens is 2.